The first kappa shape index (κ1) is 20.0. The Kier molecular flexibility index (Phi) is 5.50. The molecule has 154 valence electrons. The Labute approximate surface area is 179 Å². The zero-order chi connectivity index (χ0) is 21.1. The Hall–Kier alpha value is -3.25. The molecule has 3 aromatic rings. The van der Waals surface area contributed by atoms with Crippen LogP contribution < -0.4 is 10.7 Å². The molecular weight excluding hydrogens is 426 g/mol. The number of amides is 4. The van der Waals surface area contributed by atoms with Crippen LogP contribution in [0.15, 0.2) is 53.0 Å². The highest BCUT2D eigenvalue weighted by molar-refractivity contribution is 7.99. The fourth-order valence-electron chi connectivity index (χ4n) is 2.94. The number of urea groups is 1. The average Bonchev–Trinajstić information content (AvgIpc) is 3.46. The van der Waals surface area contributed by atoms with E-state index in [0.717, 1.165) is 16.6 Å². The number of hydrogen-bond acceptors (Lipinski definition) is 8. The van der Waals surface area contributed by atoms with Crippen LogP contribution >= 0.6 is 23.1 Å². The van der Waals surface area contributed by atoms with Gasteiger partial charge < -0.3 is 5.32 Å². The summed E-state index contributed by atoms with van der Waals surface area (Å²) in [6, 6.07) is 12.1. The van der Waals surface area contributed by atoms with E-state index in [-0.39, 0.29) is 5.75 Å². The Balaban J connectivity index is 1.37. The molecule has 3 heterocycles. The first-order chi connectivity index (χ1) is 14.5. The third-order valence-corrected chi connectivity index (χ3v) is 6.31. The third-order valence-electron chi connectivity index (χ3n) is 4.50. The lowest BCUT2D eigenvalue weighted by atomic mass is 9.92. The van der Waals surface area contributed by atoms with Crippen molar-refractivity contribution in [3.05, 3.63) is 58.3 Å². The summed E-state index contributed by atoms with van der Waals surface area (Å²) in [4.78, 5) is 38.6. The number of nitrogens with zero attached hydrogens (tertiary/aromatic N) is 5. The molecule has 1 aliphatic heterocycles. The Morgan fingerprint density at radius 3 is 2.77 bits per heavy atom. The molecule has 1 fully saturated rings. The lowest BCUT2D eigenvalue weighted by molar-refractivity contribution is -0.138. The van der Waals surface area contributed by atoms with E-state index in [1.54, 1.807) is 47.2 Å². The van der Waals surface area contributed by atoms with Crippen molar-refractivity contribution in [2.45, 2.75) is 24.2 Å². The number of thiophene rings is 1. The van der Waals surface area contributed by atoms with Crippen LogP contribution in [-0.4, -0.2) is 48.8 Å². The summed E-state index contributed by atoms with van der Waals surface area (Å²) in [5.74, 6) is -1.14. The molecule has 10 nitrogen and oxygen atoms in total. The molecule has 2 aromatic heterocycles. The second-order valence-corrected chi connectivity index (χ2v) is 8.56. The summed E-state index contributed by atoms with van der Waals surface area (Å²) >= 11 is 2.70. The minimum atomic E-state index is -1.25. The largest absolute Gasteiger partial charge is 0.344 e. The van der Waals surface area contributed by atoms with E-state index < -0.39 is 23.4 Å². The van der Waals surface area contributed by atoms with Gasteiger partial charge in [-0.3, -0.25) is 15.0 Å². The third kappa shape index (κ3) is 3.91. The molecule has 4 rings (SSSR count). The zero-order valence-corrected chi connectivity index (χ0v) is 17.4. The van der Waals surface area contributed by atoms with E-state index in [2.05, 4.69) is 26.3 Å². The smallest absolute Gasteiger partial charge is 0.318 e. The summed E-state index contributed by atoms with van der Waals surface area (Å²) in [5.41, 5.74) is 1.75. The topological polar surface area (TPSA) is 122 Å². The lowest BCUT2D eigenvalue weighted by Crippen LogP contribution is -2.48. The molecule has 2 N–H and O–H groups in total. The number of hydrazine groups is 1. The molecular formula is C18H17N7O3S2. The second kappa shape index (κ2) is 8.24. The van der Waals surface area contributed by atoms with Gasteiger partial charge in [0.05, 0.1) is 12.3 Å². The second-order valence-electron chi connectivity index (χ2n) is 6.58. The normalized spacial score (nSPS) is 18.5. The Bertz CT molecular complexity index is 1070. The highest BCUT2D eigenvalue weighted by Crippen LogP contribution is 2.27. The van der Waals surface area contributed by atoms with E-state index >= 15 is 0 Å². The average molecular weight is 444 g/mol. The molecule has 1 aromatic carbocycles. The fourth-order valence-corrected chi connectivity index (χ4v) is 4.30. The van der Waals surface area contributed by atoms with Gasteiger partial charge in [0.25, 0.3) is 5.91 Å². The van der Waals surface area contributed by atoms with E-state index in [0.29, 0.717) is 22.3 Å². The number of aromatic nitrogens is 4. The van der Waals surface area contributed by atoms with Gasteiger partial charge in [0.1, 0.15) is 5.54 Å². The number of carbonyl (C=O) groups excluding carboxylic acids is 3. The molecule has 0 spiro atoms. The number of carbonyl (C=O) groups is 3. The molecule has 4 amide bonds. The van der Waals surface area contributed by atoms with Gasteiger partial charge >= 0.3 is 6.03 Å². The molecule has 0 saturated carbocycles. The summed E-state index contributed by atoms with van der Waals surface area (Å²) in [5, 5.41) is 17.3. The highest BCUT2D eigenvalue weighted by atomic mass is 32.2. The van der Waals surface area contributed by atoms with Crippen LogP contribution in [0.1, 0.15) is 17.4 Å². The molecule has 1 atom stereocenters. The SMILES string of the molecule is CC1(c2ccccc2)NC(=O)N(NC(=O)CSc2nnnn2Cc2cccs2)C1=O. The van der Waals surface area contributed by atoms with E-state index in [9.17, 15) is 14.4 Å². The predicted molar refractivity (Wildman–Crippen MR) is 109 cm³/mol. The molecule has 0 aliphatic carbocycles. The minimum Gasteiger partial charge on any atom is -0.318 e. The van der Waals surface area contributed by atoms with Crippen molar-refractivity contribution in [1.82, 2.24) is 36.0 Å². The standard InChI is InChI=1S/C18H17N7O3S2/c1-18(12-6-3-2-4-7-12)15(27)25(16(28)19-18)21-14(26)11-30-17-20-22-23-24(17)10-13-8-5-9-29-13/h2-9H,10-11H2,1H3,(H,19,28)(H,21,26). The van der Waals surface area contributed by atoms with Gasteiger partial charge in [-0.15, -0.1) is 16.4 Å². The van der Waals surface area contributed by atoms with Gasteiger partial charge in [-0.05, 0) is 34.4 Å². The lowest BCUT2D eigenvalue weighted by Gasteiger charge is -2.22. The highest BCUT2D eigenvalue weighted by Gasteiger charge is 2.49. The van der Waals surface area contributed by atoms with Crippen LogP contribution in [0, 0.1) is 0 Å². The van der Waals surface area contributed by atoms with Crippen molar-refractivity contribution in [2.75, 3.05) is 5.75 Å². The van der Waals surface area contributed by atoms with Crippen molar-refractivity contribution in [2.24, 2.45) is 0 Å². The molecule has 0 bridgehead atoms. The molecule has 1 unspecified atom stereocenters. The van der Waals surface area contributed by atoms with Crippen molar-refractivity contribution in [3.63, 3.8) is 0 Å². The minimum absolute atomic E-state index is 0.0656. The van der Waals surface area contributed by atoms with Gasteiger partial charge in [0.15, 0.2) is 0 Å². The summed E-state index contributed by atoms with van der Waals surface area (Å²) < 4.78 is 1.59. The van der Waals surface area contributed by atoms with Crippen LogP contribution in [0.3, 0.4) is 0 Å². The molecule has 12 heteroatoms. The van der Waals surface area contributed by atoms with Crippen LogP contribution in [0.5, 0.6) is 0 Å². The number of thioether (sulfide) groups is 1. The van der Waals surface area contributed by atoms with Gasteiger partial charge in [-0.25, -0.2) is 9.48 Å². The maximum Gasteiger partial charge on any atom is 0.344 e. The number of hydrogen-bond donors (Lipinski definition) is 2. The maximum absolute atomic E-state index is 12.8. The van der Waals surface area contributed by atoms with Crippen LogP contribution in [-0.2, 0) is 21.7 Å². The number of rotatable bonds is 7. The molecule has 1 saturated heterocycles. The Morgan fingerprint density at radius 1 is 1.23 bits per heavy atom. The first-order valence-corrected chi connectivity index (χ1v) is 10.8. The summed E-state index contributed by atoms with van der Waals surface area (Å²) in [6.45, 7) is 2.10. The van der Waals surface area contributed by atoms with Gasteiger partial charge in [-0.1, -0.05) is 48.2 Å². The van der Waals surface area contributed by atoms with Crippen LogP contribution in [0.25, 0.3) is 0 Å². The summed E-state index contributed by atoms with van der Waals surface area (Å²) in [6.07, 6.45) is 0. The van der Waals surface area contributed by atoms with E-state index in [4.69, 9.17) is 0 Å². The van der Waals surface area contributed by atoms with Crippen molar-refractivity contribution in [3.8, 4) is 0 Å². The molecule has 30 heavy (non-hydrogen) atoms. The van der Waals surface area contributed by atoms with Gasteiger partial charge in [0.2, 0.25) is 11.1 Å². The number of benzene rings is 1. The van der Waals surface area contributed by atoms with E-state index in [1.807, 2.05) is 23.6 Å². The van der Waals surface area contributed by atoms with Crippen molar-refractivity contribution < 1.29 is 14.4 Å². The van der Waals surface area contributed by atoms with Crippen molar-refractivity contribution in [1.29, 1.82) is 0 Å². The number of nitrogens with one attached hydrogen (secondary N) is 2. The monoisotopic (exact) mass is 443 g/mol. The zero-order valence-electron chi connectivity index (χ0n) is 15.8. The number of tetrazole rings is 1. The maximum atomic E-state index is 12.8. The van der Waals surface area contributed by atoms with Crippen LogP contribution in [0.4, 0.5) is 4.79 Å². The Morgan fingerprint density at radius 2 is 2.03 bits per heavy atom. The van der Waals surface area contributed by atoms with Crippen LogP contribution in [0.2, 0.25) is 0 Å². The quantitative estimate of drug-likeness (QED) is 0.418. The first-order valence-electron chi connectivity index (χ1n) is 8.90. The fraction of sp³-hybridized carbons (Fsp3) is 0.222. The molecule has 0 radical (unpaired) electrons. The van der Waals surface area contributed by atoms with Crippen molar-refractivity contribution >= 4 is 40.9 Å². The van der Waals surface area contributed by atoms with Gasteiger partial charge in [0, 0.05) is 4.88 Å². The molecule has 1 aliphatic rings. The number of imide groups is 1. The van der Waals surface area contributed by atoms with E-state index in [1.165, 1.54) is 0 Å². The van der Waals surface area contributed by atoms with Gasteiger partial charge in [-0.2, -0.15) is 5.01 Å². The predicted octanol–water partition coefficient (Wildman–Crippen LogP) is 1.37. The summed E-state index contributed by atoms with van der Waals surface area (Å²) in [7, 11) is 0.